The van der Waals surface area contributed by atoms with Crippen molar-refractivity contribution in [1.29, 1.82) is 0 Å². The SMILES string of the molecule is COCC(Oc1ccc(I)cc1C)C(=O)OC. The fraction of sp³-hybridized carbons (Fsp3) is 0.417. The Morgan fingerprint density at radius 1 is 1.41 bits per heavy atom. The molecule has 0 N–H and O–H groups in total. The van der Waals surface area contributed by atoms with Crippen LogP contribution in [0.3, 0.4) is 0 Å². The lowest BCUT2D eigenvalue weighted by atomic mass is 10.2. The number of carbonyl (C=O) groups is 1. The van der Waals surface area contributed by atoms with Crippen LogP contribution in [0.1, 0.15) is 5.56 Å². The van der Waals surface area contributed by atoms with E-state index < -0.39 is 12.1 Å². The minimum Gasteiger partial charge on any atom is -0.476 e. The van der Waals surface area contributed by atoms with Crippen molar-refractivity contribution in [2.75, 3.05) is 20.8 Å². The molecule has 5 heteroatoms. The molecule has 4 nitrogen and oxygen atoms in total. The van der Waals surface area contributed by atoms with E-state index in [4.69, 9.17) is 9.47 Å². The minimum absolute atomic E-state index is 0.165. The van der Waals surface area contributed by atoms with Crippen LogP contribution in [-0.4, -0.2) is 32.9 Å². The summed E-state index contributed by atoms with van der Waals surface area (Å²) in [5.74, 6) is 0.225. The first-order valence-electron chi connectivity index (χ1n) is 5.08. The van der Waals surface area contributed by atoms with E-state index in [1.165, 1.54) is 14.2 Å². The molecule has 0 aliphatic rings. The first-order chi connectivity index (χ1) is 8.08. The first kappa shape index (κ1) is 14.2. The molecule has 1 aromatic carbocycles. The molecule has 1 atom stereocenters. The predicted octanol–water partition coefficient (Wildman–Crippen LogP) is 2.17. The lowest BCUT2D eigenvalue weighted by Gasteiger charge is -2.17. The summed E-state index contributed by atoms with van der Waals surface area (Å²) in [7, 11) is 2.84. The Balaban J connectivity index is 2.82. The van der Waals surface area contributed by atoms with Gasteiger partial charge in [-0.25, -0.2) is 4.79 Å². The quantitative estimate of drug-likeness (QED) is 0.603. The summed E-state index contributed by atoms with van der Waals surface area (Å²) < 4.78 is 16.3. The van der Waals surface area contributed by atoms with Gasteiger partial charge in [0.2, 0.25) is 6.10 Å². The molecule has 0 heterocycles. The number of hydrogen-bond donors (Lipinski definition) is 0. The Bertz CT molecular complexity index is 392. The Kier molecular flexibility index (Phi) is 5.70. The third kappa shape index (κ3) is 4.16. The molecule has 17 heavy (non-hydrogen) atoms. The van der Waals surface area contributed by atoms with Crippen molar-refractivity contribution in [2.24, 2.45) is 0 Å². The van der Waals surface area contributed by atoms with E-state index in [1.54, 1.807) is 0 Å². The number of aryl methyl sites for hydroxylation is 1. The Labute approximate surface area is 114 Å². The Morgan fingerprint density at radius 2 is 2.12 bits per heavy atom. The summed E-state index contributed by atoms with van der Waals surface area (Å²) in [5, 5.41) is 0. The van der Waals surface area contributed by atoms with Gasteiger partial charge in [-0.1, -0.05) is 0 Å². The van der Waals surface area contributed by atoms with Crippen LogP contribution in [-0.2, 0) is 14.3 Å². The van der Waals surface area contributed by atoms with Crippen molar-refractivity contribution in [3.05, 3.63) is 27.3 Å². The number of halogens is 1. The third-order valence-corrected chi connectivity index (χ3v) is 2.86. The summed E-state index contributed by atoms with van der Waals surface area (Å²) in [6, 6.07) is 5.74. The highest BCUT2D eigenvalue weighted by Crippen LogP contribution is 2.21. The molecule has 94 valence electrons. The van der Waals surface area contributed by atoms with Crippen LogP contribution >= 0.6 is 22.6 Å². The second kappa shape index (κ2) is 6.80. The van der Waals surface area contributed by atoms with Crippen LogP contribution in [0.4, 0.5) is 0 Å². The molecule has 0 aromatic heterocycles. The van der Waals surface area contributed by atoms with Crippen LogP contribution in [0.5, 0.6) is 5.75 Å². The second-order valence-corrected chi connectivity index (χ2v) is 4.74. The van der Waals surface area contributed by atoms with Crippen molar-refractivity contribution in [3.8, 4) is 5.75 Å². The number of hydrogen-bond acceptors (Lipinski definition) is 4. The normalized spacial score (nSPS) is 12.0. The molecule has 0 aliphatic carbocycles. The lowest BCUT2D eigenvalue weighted by molar-refractivity contribution is -0.151. The number of carbonyl (C=O) groups excluding carboxylic acids is 1. The van der Waals surface area contributed by atoms with Crippen LogP contribution < -0.4 is 4.74 Å². The average molecular weight is 350 g/mol. The molecule has 0 aliphatic heterocycles. The topological polar surface area (TPSA) is 44.8 Å². The van der Waals surface area contributed by atoms with Gasteiger partial charge >= 0.3 is 5.97 Å². The van der Waals surface area contributed by atoms with E-state index in [0.717, 1.165) is 9.13 Å². The molecule has 0 spiro atoms. The largest absolute Gasteiger partial charge is 0.476 e. The number of ether oxygens (including phenoxy) is 3. The average Bonchev–Trinajstić information content (AvgIpc) is 2.30. The third-order valence-electron chi connectivity index (χ3n) is 2.19. The van der Waals surface area contributed by atoms with Crippen LogP contribution in [0, 0.1) is 10.5 Å². The van der Waals surface area contributed by atoms with Crippen molar-refractivity contribution in [2.45, 2.75) is 13.0 Å². The van der Waals surface area contributed by atoms with E-state index in [-0.39, 0.29) is 6.61 Å². The molecular weight excluding hydrogens is 335 g/mol. The van der Waals surface area contributed by atoms with Gasteiger partial charge in [0.05, 0.1) is 13.7 Å². The first-order valence-corrected chi connectivity index (χ1v) is 6.16. The van der Waals surface area contributed by atoms with Crippen molar-refractivity contribution in [1.82, 2.24) is 0 Å². The van der Waals surface area contributed by atoms with E-state index in [2.05, 4.69) is 27.3 Å². The zero-order valence-corrected chi connectivity index (χ0v) is 12.2. The molecular formula is C12H15IO4. The highest BCUT2D eigenvalue weighted by molar-refractivity contribution is 14.1. The number of rotatable bonds is 5. The van der Waals surface area contributed by atoms with Gasteiger partial charge in [0, 0.05) is 10.7 Å². The molecule has 1 aromatic rings. The summed E-state index contributed by atoms with van der Waals surface area (Å²) in [4.78, 5) is 11.5. The molecule has 0 saturated heterocycles. The lowest BCUT2D eigenvalue weighted by Crippen LogP contribution is -2.33. The highest BCUT2D eigenvalue weighted by atomic mass is 127. The number of methoxy groups -OCH3 is 2. The standard InChI is InChI=1S/C12H15IO4/c1-8-6-9(13)4-5-10(8)17-11(7-15-2)12(14)16-3/h4-6,11H,7H2,1-3H3. The fourth-order valence-corrected chi connectivity index (χ4v) is 1.98. The summed E-state index contributed by atoms with van der Waals surface area (Å²) in [5.41, 5.74) is 0.974. The molecule has 1 unspecified atom stereocenters. The zero-order chi connectivity index (χ0) is 12.8. The highest BCUT2D eigenvalue weighted by Gasteiger charge is 2.21. The molecule has 0 saturated carbocycles. The Hall–Kier alpha value is -0.820. The molecule has 0 radical (unpaired) electrons. The fourth-order valence-electron chi connectivity index (χ4n) is 1.33. The van der Waals surface area contributed by atoms with Gasteiger partial charge < -0.3 is 14.2 Å². The van der Waals surface area contributed by atoms with E-state index >= 15 is 0 Å². The Morgan fingerprint density at radius 3 is 2.65 bits per heavy atom. The maximum atomic E-state index is 11.5. The van der Waals surface area contributed by atoms with E-state index in [0.29, 0.717) is 5.75 Å². The molecule has 0 bridgehead atoms. The second-order valence-electron chi connectivity index (χ2n) is 3.49. The van der Waals surface area contributed by atoms with Crippen LogP contribution in [0.2, 0.25) is 0 Å². The maximum Gasteiger partial charge on any atom is 0.349 e. The van der Waals surface area contributed by atoms with Crippen molar-refractivity contribution >= 4 is 28.6 Å². The smallest absolute Gasteiger partial charge is 0.349 e. The molecule has 0 fully saturated rings. The van der Waals surface area contributed by atoms with Gasteiger partial charge in [-0.2, -0.15) is 0 Å². The summed E-state index contributed by atoms with van der Waals surface area (Å²) in [6.07, 6.45) is -0.733. The van der Waals surface area contributed by atoms with Gasteiger partial charge in [-0.05, 0) is 53.3 Å². The minimum atomic E-state index is -0.733. The van der Waals surface area contributed by atoms with Gasteiger partial charge in [0.15, 0.2) is 0 Å². The monoisotopic (exact) mass is 350 g/mol. The number of esters is 1. The van der Waals surface area contributed by atoms with Gasteiger partial charge in [-0.15, -0.1) is 0 Å². The number of benzene rings is 1. The van der Waals surface area contributed by atoms with Crippen LogP contribution in [0.15, 0.2) is 18.2 Å². The zero-order valence-electron chi connectivity index (χ0n) is 10.0. The summed E-state index contributed by atoms with van der Waals surface area (Å²) >= 11 is 2.22. The molecule has 0 amide bonds. The van der Waals surface area contributed by atoms with Crippen LogP contribution in [0.25, 0.3) is 0 Å². The summed E-state index contributed by atoms with van der Waals surface area (Å²) in [6.45, 7) is 2.09. The maximum absolute atomic E-state index is 11.5. The van der Waals surface area contributed by atoms with Gasteiger partial charge in [0.1, 0.15) is 5.75 Å². The molecule has 1 rings (SSSR count). The van der Waals surface area contributed by atoms with Crippen molar-refractivity contribution < 1.29 is 19.0 Å². The predicted molar refractivity (Wildman–Crippen MR) is 72.2 cm³/mol. The van der Waals surface area contributed by atoms with E-state index in [9.17, 15) is 4.79 Å². The van der Waals surface area contributed by atoms with Crippen molar-refractivity contribution in [3.63, 3.8) is 0 Å². The van der Waals surface area contributed by atoms with Gasteiger partial charge in [0.25, 0.3) is 0 Å². The van der Waals surface area contributed by atoms with E-state index in [1.807, 2.05) is 25.1 Å². The van der Waals surface area contributed by atoms with Gasteiger partial charge in [-0.3, -0.25) is 0 Å².